The van der Waals surface area contributed by atoms with E-state index in [1.165, 1.54) is 16.6 Å². The van der Waals surface area contributed by atoms with E-state index in [0.717, 1.165) is 0 Å². The highest BCUT2D eigenvalue weighted by Gasteiger charge is 2.07. The van der Waals surface area contributed by atoms with Crippen molar-refractivity contribution in [1.82, 2.24) is 9.61 Å². The quantitative estimate of drug-likeness (QED) is 0.649. The van der Waals surface area contributed by atoms with Gasteiger partial charge in [-0.25, -0.2) is 4.52 Å². The van der Waals surface area contributed by atoms with E-state index >= 15 is 0 Å². The van der Waals surface area contributed by atoms with Crippen LogP contribution in [0.1, 0.15) is 30.9 Å². The van der Waals surface area contributed by atoms with E-state index in [1.807, 2.05) is 16.9 Å². The highest BCUT2D eigenvalue weighted by atomic mass is 15.2. The molecule has 0 amide bonds. The van der Waals surface area contributed by atoms with Crippen molar-refractivity contribution in [2.24, 2.45) is 0 Å². The second kappa shape index (κ2) is 2.87. The van der Waals surface area contributed by atoms with Crippen molar-refractivity contribution < 1.29 is 0 Å². The van der Waals surface area contributed by atoms with Crippen molar-refractivity contribution >= 4 is 5.52 Å². The maximum absolute atomic E-state index is 4.26. The summed E-state index contributed by atoms with van der Waals surface area (Å²) in [5.74, 6) is 0.555. The molecular formula is C11H14N2. The molecule has 2 heterocycles. The lowest BCUT2D eigenvalue weighted by atomic mass is 10.0. The van der Waals surface area contributed by atoms with Gasteiger partial charge in [0.2, 0.25) is 0 Å². The Balaban J connectivity index is 2.80. The summed E-state index contributed by atoms with van der Waals surface area (Å²) in [7, 11) is 0. The summed E-state index contributed by atoms with van der Waals surface area (Å²) < 4.78 is 1.95. The van der Waals surface area contributed by atoms with E-state index in [-0.39, 0.29) is 0 Å². The third-order valence-corrected chi connectivity index (χ3v) is 2.41. The summed E-state index contributed by atoms with van der Waals surface area (Å²) in [6.07, 6.45) is 3.87. The van der Waals surface area contributed by atoms with Crippen molar-refractivity contribution in [3.8, 4) is 0 Å². The molecule has 0 atom stereocenters. The summed E-state index contributed by atoms with van der Waals surface area (Å²) in [6.45, 7) is 6.55. The topological polar surface area (TPSA) is 17.3 Å². The van der Waals surface area contributed by atoms with E-state index in [9.17, 15) is 0 Å². The molecule has 0 saturated heterocycles. The first-order valence-corrected chi connectivity index (χ1v) is 4.63. The van der Waals surface area contributed by atoms with Crippen LogP contribution in [0.4, 0.5) is 0 Å². The third kappa shape index (κ3) is 1.22. The molecule has 0 aromatic carbocycles. The zero-order valence-electron chi connectivity index (χ0n) is 8.28. The van der Waals surface area contributed by atoms with Crippen LogP contribution < -0.4 is 0 Å². The Morgan fingerprint density at radius 3 is 2.77 bits per heavy atom. The molecule has 0 radical (unpaired) electrons. The Bertz CT molecular complexity index is 427. The second-order valence-electron chi connectivity index (χ2n) is 3.73. The van der Waals surface area contributed by atoms with Crippen molar-refractivity contribution in [1.29, 1.82) is 0 Å². The van der Waals surface area contributed by atoms with Crippen LogP contribution in [0.3, 0.4) is 0 Å². The largest absolute Gasteiger partial charge is 0.240 e. The van der Waals surface area contributed by atoms with Crippen molar-refractivity contribution in [2.75, 3.05) is 0 Å². The van der Waals surface area contributed by atoms with Crippen LogP contribution in [0.15, 0.2) is 24.5 Å². The molecule has 0 aliphatic carbocycles. The fourth-order valence-corrected chi connectivity index (χ4v) is 1.70. The number of nitrogens with zero attached hydrogens (tertiary/aromatic N) is 2. The van der Waals surface area contributed by atoms with E-state index < -0.39 is 0 Å². The molecule has 2 aromatic heterocycles. The fourth-order valence-electron chi connectivity index (χ4n) is 1.70. The average Bonchev–Trinajstić information content (AvgIpc) is 2.48. The molecule has 0 spiro atoms. The summed E-state index contributed by atoms with van der Waals surface area (Å²) in [5, 5.41) is 4.26. The predicted molar refractivity (Wildman–Crippen MR) is 54.0 cm³/mol. The maximum Gasteiger partial charge on any atom is 0.0710 e. The summed E-state index contributed by atoms with van der Waals surface area (Å²) in [5.41, 5.74) is 3.94. The average molecular weight is 174 g/mol. The van der Waals surface area contributed by atoms with Crippen LogP contribution >= 0.6 is 0 Å². The smallest absolute Gasteiger partial charge is 0.0710 e. The van der Waals surface area contributed by atoms with Crippen LogP contribution in [0.5, 0.6) is 0 Å². The second-order valence-corrected chi connectivity index (χ2v) is 3.73. The number of hydrogen-bond donors (Lipinski definition) is 0. The summed E-state index contributed by atoms with van der Waals surface area (Å²) >= 11 is 0. The molecule has 0 aliphatic rings. The monoisotopic (exact) mass is 174 g/mol. The van der Waals surface area contributed by atoms with Gasteiger partial charge in [0.15, 0.2) is 0 Å². The molecule has 2 rings (SSSR count). The molecule has 2 aromatic rings. The van der Waals surface area contributed by atoms with Crippen LogP contribution in [-0.4, -0.2) is 9.61 Å². The SMILES string of the molecule is Cc1ccn2nccc(C(C)C)c12. The summed E-state index contributed by atoms with van der Waals surface area (Å²) in [6, 6.07) is 4.21. The van der Waals surface area contributed by atoms with Crippen LogP contribution in [-0.2, 0) is 0 Å². The van der Waals surface area contributed by atoms with Crippen LogP contribution in [0, 0.1) is 6.92 Å². The van der Waals surface area contributed by atoms with E-state index in [0.29, 0.717) is 5.92 Å². The molecule has 2 nitrogen and oxygen atoms in total. The van der Waals surface area contributed by atoms with Gasteiger partial charge in [-0.3, -0.25) is 0 Å². The van der Waals surface area contributed by atoms with Gasteiger partial charge in [0.05, 0.1) is 5.52 Å². The third-order valence-electron chi connectivity index (χ3n) is 2.41. The van der Waals surface area contributed by atoms with Crippen LogP contribution in [0.25, 0.3) is 5.52 Å². The lowest BCUT2D eigenvalue weighted by molar-refractivity contribution is 0.839. The van der Waals surface area contributed by atoms with E-state index in [4.69, 9.17) is 0 Å². The van der Waals surface area contributed by atoms with Crippen molar-refractivity contribution in [2.45, 2.75) is 26.7 Å². The van der Waals surface area contributed by atoms with Gasteiger partial charge >= 0.3 is 0 Å². The van der Waals surface area contributed by atoms with E-state index in [1.54, 1.807) is 0 Å². The van der Waals surface area contributed by atoms with Gasteiger partial charge in [-0.1, -0.05) is 13.8 Å². The lowest BCUT2D eigenvalue weighted by Crippen LogP contribution is -1.96. The molecule has 2 heteroatoms. The van der Waals surface area contributed by atoms with Crippen LogP contribution in [0.2, 0.25) is 0 Å². The zero-order valence-corrected chi connectivity index (χ0v) is 8.28. The van der Waals surface area contributed by atoms with Crippen molar-refractivity contribution in [3.63, 3.8) is 0 Å². The molecule has 68 valence electrons. The number of hydrogen-bond acceptors (Lipinski definition) is 1. The Morgan fingerprint density at radius 2 is 2.08 bits per heavy atom. The van der Waals surface area contributed by atoms with Gasteiger partial charge in [-0.05, 0) is 36.1 Å². The lowest BCUT2D eigenvalue weighted by Gasteiger charge is -2.07. The van der Waals surface area contributed by atoms with Gasteiger partial charge < -0.3 is 0 Å². The normalized spacial score (nSPS) is 11.4. The Hall–Kier alpha value is -1.31. The molecule has 0 bridgehead atoms. The highest BCUT2D eigenvalue weighted by molar-refractivity contribution is 5.61. The van der Waals surface area contributed by atoms with Gasteiger partial charge in [-0.2, -0.15) is 5.10 Å². The van der Waals surface area contributed by atoms with E-state index in [2.05, 4.69) is 38.0 Å². The number of aromatic nitrogens is 2. The molecular weight excluding hydrogens is 160 g/mol. The molecule has 0 N–H and O–H groups in total. The minimum absolute atomic E-state index is 0.555. The molecule has 13 heavy (non-hydrogen) atoms. The Kier molecular flexibility index (Phi) is 1.83. The Labute approximate surface area is 78.2 Å². The number of fused-ring (bicyclic) bond motifs is 1. The molecule has 0 fully saturated rings. The minimum atomic E-state index is 0.555. The standard InChI is InChI=1S/C11H14N2/c1-8(2)10-4-6-12-13-7-5-9(3)11(10)13/h4-8H,1-3H3. The molecule has 0 saturated carbocycles. The van der Waals surface area contributed by atoms with Gasteiger partial charge in [0.25, 0.3) is 0 Å². The first kappa shape index (κ1) is 8.30. The maximum atomic E-state index is 4.26. The molecule has 0 unspecified atom stereocenters. The van der Waals surface area contributed by atoms with Crippen molar-refractivity contribution in [3.05, 3.63) is 35.7 Å². The molecule has 0 aliphatic heterocycles. The zero-order chi connectivity index (χ0) is 9.42. The first-order chi connectivity index (χ1) is 6.20. The fraction of sp³-hybridized carbons (Fsp3) is 0.364. The first-order valence-electron chi connectivity index (χ1n) is 4.63. The number of aryl methyl sites for hydroxylation is 1. The summed E-state index contributed by atoms with van der Waals surface area (Å²) in [4.78, 5) is 0. The Morgan fingerprint density at radius 1 is 1.31 bits per heavy atom. The minimum Gasteiger partial charge on any atom is -0.240 e. The van der Waals surface area contributed by atoms with Gasteiger partial charge in [0, 0.05) is 12.4 Å². The van der Waals surface area contributed by atoms with Gasteiger partial charge in [0.1, 0.15) is 0 Å². The van der Waals surface area contributed by atoms with Gasteiger partial charge in [-0.15, -0.1) is 0 Å². The number of rotatable bonds is 1. The predicted octanol–water partition coefficient (Wildman–Crippen LogP) is 2.77. The highest BCUT2D eigenvalue weighted by Crippen LogP contribution is 2.22.